The topological polar surface area (TPSA) is 29.3 Å². The monoisotopic (exact) mass is 230 g/mol. The Morgan fingerprint density at radius 3 is 2.80 bits per heavy atom. The van der Waals surface area contributed by atoms with Crippen LogP contribution in [0.2, 0.25) is 0 Å². The molecule has 0 aromatic rings. The van der Waals surface area contributed by atoms with Crippen molar-refractivity contribution in [3.05, 3.63) is 0 Å². The summed E-state index contributed by atoms with van der Waals surface area (Å²) in [7, 11) is 0. The quantitative estimate of drug-likeness (QED) is 0.785. The summed E-state index contributed by atoms with van der Waals surface area (Å²) in [4.78, 5) is 2.62. The summed E-state index contributed by atoms with van der Waals surface area (Å²) < 4.78 is 0.450. The molecule has 1 aliphatic heterocycles. The lowest BCUT2D eigenvalue weighted by atomic mass is 10.0. The summed E-state index contributed by atoms with van der Waals surface area (Å²) in [5, 5.41) is 0. The van der Waals surface area contributed by atoms with E-state index in [1.54, 1.807) is 0 Å². The van der Waals surface area contributed by atoms with Gasteiger partial charge < -0.3 is 10.6 Å². The molecule has 90 valence electrons. The van der Waals surface area contributed by atoms with Crippen molar-refractivity contribution in [3.63, 3.8) is 0 Å². The lowest BCUT2D eigenvalue weighted by Gasteiger charge is -2.38. The Morgan fingerprint density at radius 2 is 2.20 bits per heavy atom. The van der Waals surface area contributed by atoms with Crippen LogP contribution in [-0.4, -0.2) is 41.6 Å². The molecular weight excluding hydrogens is 204 g/mol. The number of thioether (sulfide) groups is 1. The molecule has 0 amide bonds. The van der Waals surface area contributed by atoms with Gasteiger partial charge in [0.1, 0.15) is 0 Å². The molecule has 1 rings (SSSR count). The largest absolute Gasteiger partial charge is 0.330 e. The summed E-state index contributed by atoms with van der Waals surface area (Å²) in [6.07, 6.45) is 2.45. The van der Waals surface area contributed by atoms with E-state index in [-0.39, 0.29) is 0 Å². The van der Waals surface area contributed by atoms with Crippen LogP contribution in [0.1, 0.15) is 33.6 Å². The highest BCUT2D eigenvalue weighted by Crippen LogP contribution is 2.29. The summed E-state index contributed by atoms with van der Waals surface area (Å²) in [5.74, 6) is 2.09. The molecule has 0 bridgehead atoms. The van der Waals surface area contributed by atoms with Gasteiger partial charge in [-0.1, -0.05) is 6.92 Å². The summed E-state index contributed by atoms with van der Waals surface area (Å²) in [5.41, 5.74) is 5.54. The Balaban J connectivity index is 2.25. The van der Waals surface area contributed by atoms with Crippen LogP contribution in [0.5, 0.6) is 0 Å². The molecule has 1 aliphatic rings. The zero-order valence-electron chi connectivity index (χ0n) is 10.5. The van der Waals surface area contributed by atoms with E-state index in [1.165, 1.54) is 38.2 Å². The van der Waals surface area contributed by atoms with Crippen LogP contribution in [0.4, 0.5) is 0 Å². The lowest BCUT2D eigenvalue weighted by Crippen LogP contribution is -2.44. The van der Waals surface area contributed by atoms with Crippen LogP contribution < -0.4 is 5.73 Å². The molecule has 1 atom stereocenters. The summed E-state index contributed by atoms with van der Waals surface area (Å²) in [6.45, 7) is 11.7. The fourth-order valence-corrected chi connectivity index (χ4v) is 3.44. The van der Waals surface area contributed by atoms with Crippen molar-refractivity contribution in [2.75, 3.05) is 31.9 Å². The van der Waals surface area contributed by atoms with Gasteiger partial charge in [0.15, 0.2) is 0 Å². The van der Waals surface area contributed by atoms with Gasteiger partial charge in [0.25, 0.3) is 0 Å². The lowest BCUT2D eigenvalue weighted by molar-refractivity contribution is 0.221. The number of nitrogens with zero attached hydrogens (tertiary/aromatic N) is 1. The molecule has 0 aromatic heterocycles. The van der Waals surface area contributed by atoms with Crippen LogP contribution in [0.3, 0.4) is 0 Å². The van der Waals surface area contributed by atoms with Crippen molar-refractivity contribution in [3.8, 4) is 0 Å². The minimum atomic E-state index is 0.450. The maximum atomic E-state index is 5.54. The molecule has 3 heteroatoms. The fourth-order valence-electron chi connectivity index (χ4n) is 2.27. The first kappa shape index (κ1) is 13.3. The average Bonchev–Trinajstić information content (AvgIpc) is 2.13. The van der Waals surface area contributed by atoms with Crippen molar-refractivity contribution in [2.45, 2.75) is 38.4 Å². The Hall–Kier alpha value is 0.270. The Labute approximate surface area is 99.0 Å². The van der Waals surface area contributed by atoms with E-state index in [9.17, 15) is 0 Å². The van der Waals surface area contributed by atoms with Crippen LogP contribution in [-0.2, 0) is 0 Å². The van der Waals surface area contributed by atoms with Gasteiger partial charge in [-0.15, -0.1) is 0 Å². The van der Waals surface area contributed by atoms with Gasteiger partial charge in [-0.05, 0) is 39.2 Å². The third-order valence-corrected chi connectivity index (χ3v) is 4.27. The smallest absolute Gasteiger partial charge is 0.0231 e. The normalized spacial score (nSPS) is 24.0. The molecule has 1 unspecified atom stereocenters. The van der Waals surface area contributed by atoms with Crippen molar-refractivity contribution in [2.24, 2.45) is 11.7 Å². The Morgan fingerprint density at radius 1 is 1.47 bits per heavy atom. The minimum absolute atomic E-state index is 0.450. The van der Waals surface area contributed by atoms with Crippen molar-refractivity contribution < 1.29 is 0 Å². The van der Waals surface area contributed by atoms with Crippen LogP contribution >= 0.6 is 11.8 Å². The second-order valence-corrected chi connectivity index (χ2v) is 7.18. The first-order valence-electron chi connectivity index (χ1n) is 6.10. The standard InChI is InChI=1S/C12H26N2S/c1-11(5-4-6-13)9-14-7-8-15-12(2,3)10-14/h11H,4-10,13H2,1-3H3. The zero-order valence-corrected chi connectivity index (χ0v) is 11.3. The molecule has 1 heterocycles. The van der Waals surface area contributed by atoms with Gasteiger partial charge in [-0.3, -0.25) is 0 Å². The van der Waals surface area contributed by atoms with E-state index in [2.05, 4.69) is 37.4 Å². The van der Waals surface area contributed by atoms with E-state index in [0.717, 1.165) is 12.5 Å². The molecular formula is C12H26N2S. The van der Waals surface area contributed by atoms with Gasteiger partial charge >= 0.3 is 0 Å². The highest BCUT2D eigenvalue weighted by Gasteiger charge is 2.27. The van der Waals surface area contributed by atoms with E-state index in [4.69, 9.17) is 5.73 Å². The number of hydrogen-bond donors (Lipinski definition) is 1. The summed E-state index contributed by atoms with van der Waals surface area (Å²) >= 11 is 2.11. The maximum Gasteiger partial charge on any atom is 0.0231 e. The fraction of sp³-hybridized carbons (Fsp3) is 1.00. The summed E-state index contributed by atoms with van der Waals surface area (Å²) in [6, 6.07) is 0. The van der Waals surface area contributed by atoms with Crippen LogP contribution in [0.15, 0.2) is 0 Å². The highest BCUT2D eigenvalue weighted by atomic mass is 32.2. The molecule has 2 N–H and O–H groups in total. The second kappa shape index (κ2) is 6.12. The Bertz CT molecular complexity index is 182. The number of rotatable bonds is 5. The highest BCUT2D eigenvalue weighted by molar-refractivity contribution is 8.00. The Kier molecular flexibility index (Phi) is 5.44. The average molecular weight is 230 g/mol. The van der Waals surface area contributed by atoms with Crippen molar-refractivity contribution in [1.82, 2.24) is 4.90 Å². The van der Waals surface area contributed by atoms with E-state index in [1.807, 2.05) is 0 Å². The van der Waals surface area contributed by atoms with Crippen molar-refractivity contribution >= 4 is 11.8 Å². The van der Waals surface area contributed by atoms with Crippen molar-refractivity contribution in [1.29, 1.82) is 0 Å². The number of hydrogen-bond acceptors (Lipinski definition) is 3. The van der Waals surface area contributed by atoms with Gasteiger partial charge in [-0.2, -0.15) is 11.8 Å². The van der Waals surface area contributed by atoms with Gasteiger partial charge in [0.05, 0.1) is 0 Å². The molecule has 0 radical (unpaired) electrons. The predicted molar refractivity (Wildman–Crippen MR) is 70.4 cm³/mol. The zero-order chi connectivity index (χ0) is 11.3. The third kappa shape index (κ3) is 5.23. The van der Waals surface area contributed by atoms with E-state index < -0.39 is 0 Å². The van der Waals surface area contributed by atoms with Crippen LogP contribution in [0.25, 0.3) is 0 Å². The van der Waals surface area contributed by atoms with Gasteiger partial charge in [0.2, 0.25) is 0 Å². The van der Waals surface area contributed by atoms with E-state index in [0.29, 0.717) is 4.75 Å². The van der Waals surface area contributed by atoms with Gasteiger partial charge in [0, 0.05) is 30.1 Å². The predicted octanol–water partition coefficient (Wildman–Crippen LogP) is 2.19. The van der Waals surface area contributed by atoms with E-state index >= 15 is 0 Å². The molecule has 1 fully saturated rings. The number of nitrogens with two attached hydrogens (primary N) is 1. The molecule has 0 saturated carbocycles. The third-order valence-electron chi connectivity index (χ3n) is 2.98. The molecule has 0 aliphatic carbocycles. The molecule has 0 spiro atoms. The maximum absolute atomic E-state index is 5.54. The molecule has 0 aromatic carbocycles. The second-order valence-electron chi connectivity index (χ2n) is 5.38. The molecule has 2 nitrogen and oxygen atoms in total. The van der Waals surface area contributed by atoms with Crippen LogP contribution in [0, 0.1) is 5.92 Å². The SMILES string of the molecule is CC(CCCN)CN1CCSC(C)(C)C1. The minimum Gasteiger partial charge on any atom is -0.330 e. The first-order valence-corrected chi connectivity index (χ1v) is 7.08. The molecule has 1 saturated heterocycles. The first-order chi connectivity index (χ1) is 7.03. The van der Waals surface area contributed by atoms with Gasteiger partial charge in [-0.25, -0.2) is 0 Å². The molecule has 15 heavy (non-hydrogen) atoms.